The van der Waals surface area contributed by atoms with Crippen molar-refractivity contribution in [2.75, 3.05) is 38.2 Å². The molecule has 3 saturated heterocycles. The van der Waals surface area contributed by atoms with E-state index in [0.29, 0.717) is 6.61 Å². The van der Waals surface area contributed by atoms with E-state index < -0.39 is 6.04 Å². The first-order valence-corrected chi connectivity index (χ1v) is 11.9. The zero-order valence-electron chi connectivity index (χ0n) is 19.6. The van der Waals surface area contributed by atoms with E-state index in [0.717, 1.165) is 36.5 Å². The number of carbonyl (C=O) groups is 2. The molecule has 0 aromatic heterocycles. The maximum absolute atomic E-state index is 13.5. The Morgan fingerprint density at radius 3 is 2.56 bits per heavy atom. The third-order valence-corrected chi connectivity index (χ3v) is 6.75. The van der Waals surface area contributed by atoms with Crippen LogP contribution < -0.4 is 15.0 Å². The highest BCUT2D eigenvalue weighted by atomic mass is 16.5. The van der Waals surface area contributed by atoms with E-state index in [1.54, 1.807) is 11.9 Å². The number of nitrogens with zero attached hydrogens (tertiary/aromatic N) is 4. The summed E-state index contributed by atoms with van der Waals surface area (Å²) in [6.07, 6.45) is 4.25. The minimum Gasteiger partial charge on any atom is -0.494 e. The molecule has 3 heterocycles. The first-order valence-electron chi connectivity index (χ1n) is 11.9. The van der Waals surface area contributed by atoms with Crippen molar-refractivity contribution in [1.82, 2.24) is 20.0 Å². The van der Waals surface area contributed by atoms with Gasteiger partial charge in [0.05, 0.1) is 6.61 Å². The molecule has 0 saturated carbocycles. The first kappa shape index (κ1) is 22.4. The monoisotopic (exact) mass is 461 g/mol. The van der Waals surface area contributed by atoms with E-state index in [4.69, 9.17) is 4.74 Å². The maximum Gasteiger partial charge on any atom is 0.328 e. The molecule has 34 heavy (non-hydrogen) atoms. The second kappa shape index (κ2) is 9.48. The maximum atomic E-state index is 13.5. The number of fused-ring (bicyclic) bond motifs is 3. The summed E-state index contributed by atoms with van der Waals surface area (Å²) >= 11 is 0. The summed E-state index contributed by atoms with van der Waals surface area (Å²) in [5.41, 5.74) is 2.10. The van der Waals surface area contributed by atoms with Gasteiger partial charge in [-0.2, -0.15) is 0 Å². The summed E-state index contributed by atoms with van der Waals surface area (Å²) in [6.45, 7) is 4.52. The lowest BCUT2D eigenvalue weighted by Crippen LogP contribution is -2.66. The third-order valence-electron chi connectivity index (χ3n) is 6.75. The quantitative estimate of drug-likeness (QED) is 0.714. The minimum atomic E-state index is -0.414. The SMILES string of the molecule is CCOc1ccc(N2CCCN3C4C(=O)N(C/C=C/c5ccccc5)C(=O)N(C)C4NC23)cc1. The lowest BCUT2D eigenvalue weighted by atomic mass is 10.1. The van der Waals surface area contributed by atoms with Crippen LogP contribution in [0.1, 0.15) is 18.9 Å². The standard InChI is InChI=1S/C26H31N5O3/c1-3-34-21-14-12-20(13-15-21)29-17-8-18-30-22-23(27-25(29)30)28(2)26(33)31(24(22)32)16-7-11-19-9-5-4-6-10-19/h4-7,9-15,22-23,25,27H,3,8,16-18H2,1-2H3/b11-7+. The molecule has 0 bridgehead atoms. The van der Waals surface area contributed by atoms with Crippen molar-refractivity contribution in [2.24, 2.45) is 0 Å². The smallest absolute Gasteiger partial charge is 0.328 e. The number of anilines is 1. The van der Waals surface area contributed by atoms with E-state index in [1.165, 1.54) is 4.90 Å². The number of nitrogens with one attached hydrogen (secondary N) is 1. The molecule has 0 spiro atoms. The number of urea groups is 1. The Labute approximate surface area is 200 Å². The van der Waals surface area contributed by atoms with Crippen LogP contribution in [0.4, 0.5) is 10.5 Å². The van der Waals surface area contributed by atoms with Gasteiger partial charge in [-0.1, -0.05) is 42.5 Å². The molecular formula is C26H31N5O3. The molecule has 8 nitrogen and oxygen atoms in total. The van der Waals surface area contributed by atoms with Crippen LogP contribution in [0.2, 0.25) is 0 Å². The van der Waals surface area contributed by atoms with Gasteiger partial charge in [0.15, 0.2) is 0 Å². The third kappa shape index (κ3) is 4.03. The van der Waals surface area contributed by atoms with Gasteiger partial charge in [-0.25, -0.2) is 4.79 Å². The Hall–Kier alpha value is -3.36. The average molecular weight is 462 g/mol. The van der Waals surface area contributed by atoms with Crippen molar-refractivity contribution in [1.29, 1.82) is 0 Å². The van der Waals surface area contributed by atoms with Gasteiger partial charge in [0.25, 0.3) is 5.91 Å². The van der Waals surface area contributed by atoms with Gasteiger partial charge in [0.2, 0.25) is 0 Å². The van der Waals surface area contributed by atoms with E-state index in [1.807, 2.05) is 61.5 Å². The van der Waals surface area contributed by atoms with Crippen molar-refractivity contribution in [3.05, 3.63) is 66.2 Å². The average Bonchev–Trinajstić information content (AvgIpc) is 3.26. The van der Waals surface area contributed by atoms with Crippen LogP contribution in [0, 0.1) is 0 Å². The molecule has 3 atom stereocenters. The first-order chi connectivity index (χ1) is 16.6. The molecular weight excluding hydrogens is 430 g/mol. The number of ether oxygens (including phenoxy) is 1. The number of imide groups is 1. The highest BCUT2D eigenvalue weighted by molar-refractivity contribution is 6.00. The molecule has 5 rings (SSSR count). The van der Waals surface area contributed by atoms with Crippen molar-refractivity contribution in [3.8, 4) is 5.75 Å². The molecule has 0 radical (unpaired) electrons. The van der Waals surface area contributed by atoms with E-state index >= 15 is 0 Å². The van der Waals surface area contributed by atoms with Crippen LogP contribution in [0.15, 0.2) is 60.7 Å². The van der Waals surface area contributed by atoms with Crippen LogP contribution in [0.25, 0.3) is 6.08 Å². The van der Waals surface area contributed by atoms with Crippen molar-refractivity contribution in [3.63, 3.8) is 0 Å². The predicted molar refractivity (Wildman–Crippen MR) is 131 cm³/mol. The fourth-order valence-corrected chi connectivity index (χ4v) is 5.11. The van der Waals surface area contributed by atoms with Crippen molar-refractivity contribution < 1.29 is 14.3 Å². The summed E-state index contributed by atoms with van der Waals surface area (Å²) in [6, 6.07) is 17.2. The molecule has 3 fully saturated rings. The van der Waals surface area contributed by atoms with Crippen molar-refractivity contribution >= 4 is 23.7 Å². The number of carbonyl (C=O) groups excluding carboxylic acids is 2. The number of likely N-dealkylation sites (N-methyl/N-ethyl adjacent to an activating group) is 1. The molecule has 2 aromatic rings. The zero-order chi connectivity index (χ0) is 23.7. The molecule has 8 heteroatoms. The molecule has 1 N–H and O–H groups in total. The van der Waals surface area contributed by atoms with Gasteiger partial charge in [-0.05, 0) is 43.2 Å². The van der Waals surface area contributed by atoms with Crippen LogP contribution in [0.3, 0.4) is 0 Å². The Bertz CT molecular complexity index is 1060. The van der Waals surface area contributed by atoms with E-state index in [2.05, 4.69) is 27.2 Å². The second-order valence-electron chi connectivity index (χ2n) is 8.80. The summed E-state index contributed by atoms with van der Waals surface area (Å²) in [5.74, 6) is 0.697. The lowest BCUT2D eigenvalue weighted by Gasteiger charge is -2.43. The van der Waals surface area contributed by atoms with Crippen LogP contribution >= 0.6 is 0 Å². The highest BCUT2D eigenvalue weighted by Gasteiger charge is 2.55. The molecule has 178 valence electrons. The second-order valence-corrected chi connectivity index (χ2v) is 8.80. The highest BCUT2D eigenvalue weighted by Crippen LogP contribution is 2.33. The molecule has 3 amide bonds. The molecule has 2 aromatic carbocycles. The Kier molecular flexibility index (Phi) is 6.26. The number of rotatable bonds is 6. The summed E-state index contributed by atoms with van der Waals surface area (Å²) < 4.78 is 5.58. The van der Waals surface area contributed by atoms with Crippen molar-refractivity contribution in [2.45, 2.75) is 31.8 Å². The van der Waals surface area contributed by atoms with Gasteiger partial charge in [0, 0.05) is 32.4 Å². The van der Waals surface area contributed by atoms with Crippen LogP contribution in [-0.2, 0) is 4.79 Å². The van der Waals surface area contributed by atoms with Gasteiger partial charge in [-0.15, -0.1) is 0 Å². The Morgan fingerprint density at radius 2 is 1.82 bits per heavy atom. The van der Waals surface area contributed by atoms with Crippen LogP contribution in [0.5, 0.6) is 5.75 Å². The zero-order valence-corrected chi connectivity index (χ0v) is 19.6. The molecule has 3 aliphatic rings. The van der Waals surface area contributed by atoms with E-state index in [-0.39, 0.29) is 30.9 Å². The molecule has 3 unspecified atom stereocenters. The largest absolute Gasteiger partial charge is 0.494 e. The normalized spacial score (nSPS) is 25.1. The number of amides is 3. The lowest BCUT2D eigenvalue weighted by molar-refractivity contribution is -0.138. The number of hydrogen-bond acceptors (Lipinski definition) is 6. The molecule has 3 aliphatic heterocycles. The Morgan fingerprint density at radius 1 is 1.06 bits per heavy atom. The fraction of sp³-hybridized carbons (Fsp3) is 0.385. The number of hydrogen-bond donors (Lipinski definition) is 1. The summed E-state index contributed by atoms with van der Waals surface area (Å²) in [5, 5.41) is 3.56. The van der Waals surface area contributed by atoms with Gasteiger partial charge in [-0.3, -0.25) is 19.9 Å². The van der Waals surface area contributed by atoms with Gasteiger partial charge in [0.1, 0.15) is 24.2 Å². The molecule has 0 aliphatic carbocycles. The predicted octanol–water partition coefficient (Wildman–Crippen LogP) is 2.79. The van der Waals surface area contributed by atoms with Gasteiger partial charge >= 0.3 is 6.03 Å². The summed E-state index contributed by atoms with van der Waals surface area (Å²) in [7, 11) is 1.77. The number of benzene rings is 2. The topological polar surface area (TPSA) is 68.4 Å². The summed E-state index contributed by atoms with van der Waals surface area (Å²) in [4.78, 5) is 34.1. The fourth-order valence-electron chi connectivity index (χ4n) is 5.11. The Balaban J connectivity index is 1.35. The van der Waals surface area contributed by atoms with Crippen LogP contribution in [-0.4, -0.2) is 78.4 Å². The van der Waals surface area contributed by atoms with E-state index in [9.17, 15) is 9.59 Å². The minimum absolute atomic E-state index is 0.144. The van der Waals surface area contributed by atoms with Gasteiger partial charge < -0.3 is 14.5 Å².